The van der Waals surface area contributed by atoms with Gasteiger partial charge in [0.1, 0.15) is 5.78 Å². The lowest BCUT2D eigenvalue weighted by Gasteiger charge is -2.17. The topological polar surface area (TPSA) is 72.9 Å². The quantitative estimate of drug-likeness (QED) is 0.436. The highest BCUT2D eigenvalue weighted by Crippen LogP contribution is 2.08. The first kappa shape index (κ1) is 22.9. The molecule has 0 rings (SSSR count). The van der Waals surface area contributed by atoms with E-state index in [0.717, 1.165) is 5.75 Å². The molecular weight excluding hydrogens is 338 g/mol. The summed E-state index contributed by atoms with van der Waals surface area (Å²) in [6, 6.07) is 0. The molecule has 0 aliphatic heterocycles. The molecule has 23 heavy (non-hydrogen) atoms. The van der Waals surface area contributed by atoms with Gasteiger partial charge in [0, 0.05) is 31.7 Å². The van der Waals surface area contributed by atoms with E-state index in [0.29, 0.717) is 24.9 Å². The Morgan fingerprint density at radius 3 is 2.30 bits per heavy atom. The SMILES string of the molecule is CC(C)SCCOCS(=O)(=O)N(C)CCOCCC(=O)C(C)C. The van der Waals surface area contributed by atoms with Crippen molar-refractivity contribution in [3.8, 4) is 0 Å². The molecule has 0 aliphatic carbocycles. The highest BCUT2D eigenvalue weighted by Gasteiger charge is 2.17. The Kier molecular flexibility index (Phi) is 12.2. The van der Waals surface area contributed by atoms with E-state index in [2.05, 4.69) is 13.8 Å². The fourth-order valence-electron chi connectivity index (χ4n) is 1.49. The summed E-state index contributed by atoms with van der Waals surface area (Å²) in [4.78, 5) is 11.4. The maximum absolute atomic E-state index is 12.0. The van der Waals surface area contributed by atoms with Gasteiger partial charge in [-0.05, 0) is 5.25 Å². The molecule has 0 amide bonds. The minimum Gasteiger partial charge on any atom is -0.380 e. The van der Waals surface area contributed by atoms with Crippen LogP contribution in [0.5, 0.6) is 0 Å². The van der Waals surface area contributed by atoms with Gasteiger partial charge in [-0.15, -0.1) is 0 Å². The lowest BCUT2D eigenvalue weighted by atomic mass is 10.1. The van der Waals surface area contributed by atoms with Crippen LogP contribution in [0.3, 0.4) is 0 Å². The van der Waals surface area contributed by atoms with Gasteiger partial charge in [-0.3, -0.25) is 4.79 Å². The number of thioether (sulfide) groups is 1. The van der Waals surface area contributed by atoms with Crippen LogP contribution in [0, 0.1) is 5.92 Å². The highest BCUT2D eigenvalue weighted by atomic mass is 32.2. The van der Waals surface area contributed by atoms with Crippen LogP contribution in [0.4, 0.5) is 0 Å². The first-order valence-electron chi connectivity index (χ1n) is 7.90. The molecule has 0 aromatic rings. The molecule has 138 valence electrons. The van der Waals surface area contributed by atoms with Gasteiger partial charge >= 0.3 is 0 Å². The van der Waals surface area contributed by atoms with Crippen LogP contribution in [0.25, 0.3) is 0 Å². The maximum atomic E-state index is 12.0. The Hall–Kier alpha value is -0.150. The van der Waals surface area contributed by atoms with Crippen molar-refractivity contribution in [3.63, 3.8) is 0 Å². The summed E-state index contributed by atoms with van der Waals surface area (Å²) in [5.74, 6) is 0.629. The molecule has 0 bridgehead atoms. The zero-order chi connectivity index (χ0) is 17.9. The van der Waals surface area contributed by atoms with Crippen molar-refractivity contribution in [3.05, 3.63) is 0 Å². The van der Waals surface area contributed by atoms with E-state index in [1.165, 1.54) is 11.4 Å². The molecule has 0 aromatic heterocycles. The number of carbonyl (C=O) groups is 1. The largest absolute Gasteiger partial charge is 0.380 e. The van der Waals surface area contributed by atoms with Crippen molar-refractivity contribution in [2.75, 3.05) is 45.1 Å². The summed E-state index contributed by atoms with van der Waals surface area (Å²) in [7, 11) is -1.92. The van der Waals surface area contributed by atoms with E-state index in [1.807, 2.05) is 13.8 Å². The molecule has 0 N–H and O–H groups in total. The number of hydrogen-bond donors (Lipinski definition) is 0. The Morgan fingerprint density at radius 2 is 1.74 bits per heavy atom. The summed E-state index contributed by atoms with van der Waals surface area (Å²) in [6.45, 7) is 9.14. The summed E-state index contributed by atoms with van der Waals surface area (Å²) in [5.41, 5.74) is 0. The summed E-state index contributed by atoms with van der Waals surface area (Å²) < 4.78 is 35.7. The van der Waals surface area contributed by atoms with Crippen molar-refractivity contribution < 1.29 is 22.7 Å². The van der Waals surface area contributed by atoms with Gasteiger partial charge in [0.2, 0.25) is 10.0 Å². The van der Waals surface area contributed by atoms with Gasteiger partial charge in [0.15, 0.2) is 5.94 Å². The molecule has 0 saturated heterocycles. The van der Waals surface area contributed by atoms with Gasteiger partial charge in [0.25, 0.3) is 0 Å². The Labute approximate surface area is 145 Å². The highest BCUT2D eigenvalue weighted by molar-refractivity contribution is 7.99. The molecule has 0 saturated carbocycles. The molecule has 0 spiro atoms. The van der Waals surface area contributed by atoms with Crippen LogP contribution in [0.2, 0.25) is 0 Å². The molecule has 0 atom stereocenters. The zero-order valence-electron chi connectivity index (χ0n) is 14.9. The van der Waals surface area contributed by atoms with Crippen LogP contribution in [-0.2, 0) is 24.3 Å². The molecule has 0 unspecified atom stereocenters. The monoisotopic (exact) mass is 369 g/mol. The lowest BCUT2D eigenvalue weighted by Crippen LogP contribution is -2.33. The third-order valence-electron chi connectivity index (χ3n) is 3.07. The molecule has 0 aromatic carbocycles. The molecule has 6 nitrogen and oxygen atoms in total. The predicted octanol–water partition coefficient (Wildman–Crippen LogP) is 2.00. The normalized spacial score (nSPS) is 12.5. The predicted molar refractivity (Wildman–Crippen MR) is 95.2 cm³/mol. The number of ether oxygens (including phenoxy) is 2. The molecule has 0 heterocycles. The van der Waals surface area contributed by atoms with Gasteiger partial charge in [-0.25, -0.2) is 12.7 Å². The number of likely N-dealkylation sites (N-methyl/N-ethyl adjacent to an activating group) is 1. The average Bonchev–Trinajstić information content (AvgIpc) is 2.45. The average molecular weight is 370 g/mol. The molecule has 0 aliphatic rings. The summed E-state index contributed by atoms with van der Waals surface area (Å²) in [6.07, 6.45) is 0.366. The zero-order valence-corrected chi connectivity index (χ0v) is 16.5. The van der Waals surface area contributed by atoms with E-state index in [9.17, 15) is 13.2 Å². The third kappa shape index (κ3) is 11.9. The van der Waals surface area contributed by atoms with Crippen LogP contribution in [0.15, 0.2) is 0 Å². The van der Waals surface area contributed by atoms with Crippen molar-refractivity contribution in [1.82, 2.24) is 4.31 Å². The number of hydrogen-bond acceptors (Lipinski definition) is 6. The molecule has 8 heteroatoms. The van der Waals surface area contributed by atoms with Crippen molar-refractivity contribution in [2.24, 2.45) is 5.92 Å². The number of sulfonamides is 1. The van der Waals surface area contributed by atoms with Crippen molar-refractivity contribution in [2.45, 2.75) is 39.4 Å². The van der Waals surface area contributed by atoms with E-state index < -0.39 is 10.0 Å². The first-order valence-corrected chi connectivity index (χ1v) is 10.6. The van der Waals surface area contributed by atoms with E-state index in [1.54, 1.807) is 11.8 Å². The number of nitrogens with zero attached hydrogens (tertiary/aromatic N) is 1. The second kappa shape index (κ2) is 12.2. The van der Waals surface area contributed by atoms with E-state index >= 15 is 0 Å². The van der Waals surface area contributed by atoms with Crippen LogP contribution >= 0.6 is 11.8 Å². The first-order chi connectivity index (χ1) is 10.7. The van der Waals surface area contributed by atoms with E-state index in [-0.39, 0.29) is 30.8 Å². The van der Waals surface area contributed by atoms with Gasteiger partial charge in [0.05, 0.1) is 19.8 Å². The Morgan fingerprint density at radius 1 is 1.09 bits per heavy atom. The maximum Gasteiger partial charge on any atom is 0.238 e. The number of Topliss-reactive ketones (excluding diaryl/α,β-unsaturated/α-hetero) is 1. The second-order valence-electron chi connectivity index (χ2n) is 5.86. The van der Waals surface area contributed by atoms with Gasteiger partial charge in [-0.1, -0.05) is 27.7 Å². The van der Waals surface area contributed by atoms with Gasteiger partial charge in [-0.2, -0.15) is 11.8 Å². The minimum absolute atomic E-state index is 0.00709. The van der Waals surface area contributed by atoms with Crippen molar-refractivity contribution in [1.29, 1.82) is 0 Å². The molecule has 0 fully saturated rings. The van der Waals surface area contributed by atoms with Crippen LogP contribution in [0.1, 0.15) is 34.1 Å². The van der Waals surface area contributed by atoms with Gasteiger partial charge < -0.3 is 9.47 Å². The number of ketones is 1. The summed E-state index contributed by atoms with van der Waals surface area (Å²) in [5, 5.41) is 0.512. The van der Waals surface area contributed by atoms with Crippen LogP contribution < -0.4 is 0 Å². The van der Waals surface area contributed by atoms with Crippen LogP contribution in [-0.4, -0.2) is 68.9 Å². The molecular formula is C15H31NO5S2. The fraction of sp³-hybridized carbons (Fsp3) is 0.933. The van der Waals surface area contributed by atoms with Crippen molar-refractivity contribution >= 4 is 27.6 Å². The number of rotatable bonds is 14. The number of carbonyl (C=O) groups excluding carboxylic acids is 1. The standard InChI is InChI=1S/C15H31NO5S2/c1-13(2)15(17)6-8-20-9-7-16(5)23(18,19)12-21-10-11-22-14(3)4/h13-14H,6-12H2,1-5H3. The Bertz CT molecular complexity index is 424. The minimum atomic E-state index is -3.42. The lowest BCUT2D eigenvalue weighted by molar-refractivity contribution is -0.122. The summed E-state index contributed by atoms with van der Waals surface area (Å²) >= 11 is 1.73. The molecule has 0 radical (unpaired) electrons. The third-order valence-corrected chi connectivity index (χ3v) is 5.74. The van der Waals surface area contributed by atoms with E-state index in [4.69, 9.17) is 9.47 Å². The smallest absolute Gasteiger partial charge is 0.238 e. The second-order valence-corrected chi connectivity index (χ2v) is 9.57. The Balaban J connectivity index is 3.82. The fourth-order valence-corrected chi connectivity index (χ4v) is 3.04.